The van der Waals surface area contributed by atoms with Crippen molar-refractivity contribution in [3.63, 3.8) is 0 Å². The van der Waals surface area contributed by atoms with E-state index in [1.165, 1.54) is 0 Å². The molecule has 2 aliphatic rings. The highest BCUT2D eigenvalue weighted by molar-refractivity contribution is 5.69. The van der Waals surface area contributed by atoms with Crippen LogP contribution in [-0.2, 0) is 19.0 Å². The van der Waals surface area contributed by atoms with E-state index in [1.54, 1.807) is 0 Å². The van der Waals surface area contributed by atoms with Gasteiger partial charge in [0.2, 0.25) is 0 Å². The van der Waals surface area contributed by atoms with Crippen LogP contribution in [0.25, 0.3) is 0 Å². The van der Waals surface area contributed by atoms with Crippen LogP contribution >= 0.6 is 0 Å². The van der Waals surface area contributed by atoms with Gasteiger partial charge in [0, 0.05) is 12.5 Å². The summed E-state index contributed by atoms with van der Waals surface area (Å²) >= 11 is 0. The molecule has 0 spiro atoms. The highest BCUT2D eigenvalue weighted by Crippen LogP contribution is 2.35. The number of esters is 1. The predicted octanol–water partition coefficient (Wildman–Crippen LogP) is 2.08. The van der Waals surface area contributed by atoms with E-state index < -0.39 is 0 Å². The van der Waals surface area contributed by atoms with Gasteiger partial charge in [0.05, 0.1) is 25.2 Å². The number of rotatable bonds is 8. The molecule has 0 aliphatic carbocycles. The lowest BCUT2D eigenvalue weighted by Gasteiger charge is -2.14. The molecule has 2 heterocycles. The Balaban J connectivity index is 1.52. The molecule has 2 aliphatic heterocycles. The average molecular weight is 254 g/mol. The number of ether oxygens (including phenoxy) is 3. The molecule has 0 saturated carbocycles. The molecule has 0 aromatic rings. The zero-order valence-electron chi connectivity index (χ0n) is 11.0. The first kappa shape index (κ1) is 13.6. The predicted molar refractivity (Wildman–Crippen MR) is 67.2 cm³/mol. The van der Waals surface area contributed by atoms with Crippen LogP contribution in [-0.4, -0.2) is 38.0 Å². The molecule has 2 rings (SSSR count). The number of hydrogen-bond donors (Lipinski definition) is 0. The van der Waals surface area contributed by atoms with Gasteiger partial charge in [-0.3, -0.25) is 4.79 Å². The number of fused-ring (bicyclic) bond motifs is 2. The Labute approximate surface area is 108 Å². The Hall–Kier alpha value is -0.870. The molecule has 0 amide bonds. The van der Waals surface area contributed by atoms with Crippen LogP contribution in [0.3, 0.4) is 0 Å². The van der Waals surface area contributed by atoms with Crippen molar-refractivity contribution in [2.45, 2.75) is 44.8 Å². The summed E-state index contributed by atoms with van der Waals surface area (Å²) in [5.74, 6) is 0.164. The summed E-state index contributed by atoms with van der Waals surface area (Å²) < 4.78 is 16.1. The fourth-order valence-corrected chi connectivity index (χ4v) is 2.40. The Morgan fingerprint density at radius 3 is 2.89 bits per heavy atom. The van der Waals surface area contributed by atoms with Crippen LogP contribution in [0, 0.1) is 5.92 Å². The normalized spacial score (nSPS) is 28.8. The third-order valence-electron chi connectivity index (χ3n) is 3.41. The molecule has 4 heteroatoms. The fourth-order valence-electron chi connectivity index (χ4n) is 2.40. The average Bonchev–Trinajstić information content (AvgIpc) is 2.95. The van der Waals surface area contributed by atoms with Crippen LogP contribution in [0.1, 0.15) is 32.6 Å². The van der Waals surface area contributed by atoms with Crippen molar-refractivity contribution in [1.29, 1.82) is 0 Å². The molecule has 3 unspecified atom stereocenters. The van der Waals surface area contributed by atoms with E-state index in [1.807, 2.05) is 0 Å². The third kappa shape index (κ3) is 3.82. The van der Waals surface area contributed by atoms with Crippen molar-refractivity contribution >= 4 is 5.97 Å². The molecular weight excluding hydrogens is 232 g/mol. The zero-order chi connectivity index (χ0) is 12.8. The molecular formula is C14H22O4. The highest BCUT2D eigenvalue weighted by atomic mass is 16.6. The van der Waals surface area contributed by atoms with Gasteiger partial charge >= 0.3 is 5.97 Å². The molecule has 3 atom stereocenters. The van der Waals surface area contributed by atoms with E-state index in [2.05, 4.69) is 19.1 Å². The van der Waals surface area contributed by atoms with E-state index >= 15 is 0 Å². The van der Waals surface area contributed by atoms with Gasteiger partial charge in [-0.15, -0.1) is 0 Å². The van der Waals surface area contributed by atoms with Crippen molar-refractivity contribution < 1.29 is 19.0 Å². The first-order chi connectivity index (χ1) is 8.79. The monoisotopic (exact) mass is 254 g/mol. The summed E-state index contributed by atoms with van der Waals surface area (Å²) in [4.78, 5) is 11.6. The SMILES string of the molecule is CCCCOCCOC(=O)CC1CC2C=CC1O2. The molecule has 4 nitrogen and oxygen atoms in total. The summed E-state index contributed by atoms with van der Waals surface area (Å²) in [6, 6.07) is 0. The molecule has 0 radical (unpaired) electrons. The van der Waals surface area contributed by atoms with Gasteiger partial charge < -0.3 is 14.2 Å². The van der Waals surface area contributed by atoms with Gasteiger partial charge in [0.25, 0.3) is 0 Å². The maximum Gasteiger partial charge on any atom is 0.306 e. The Kier molecular flexibility index (Phi) is 5.20. The van der Waals surface area contributed by atoms with Crippen molar-refractivity contribution in [1.82, 2.24) is 0 Å². The standard InChI is InChI=1S/C14H22O4/c1-2-3-6-16-7-8-17-14(15)10-11-9-12-4-5-13(11)18-12/h4-5,11-13H,2-3,6-10H2,1H3. The number of carbonyl (C=O) groups excluding carboxylic acids is 1. The second-order valence-corrected chi connectivity index (χ2v) is 4.91. The minimum Gasteiger partial charge on any atom is -0.463 e. The second kappa shape index (κ2) is 6.90. The van der Waals surface area contributed by atoms with Crippen molar-refractivity contribution in [2.24, 2.45) is 5.92 Å². The van der Waals surface area contributed by atoms with Crippen LogP contribution in [0.2, 0.25) is 0 Å². The lowest BCUT2D eigenvalue weighted by atomic mass is 9.91. The largest absolute Gasteiger partial charge is 0.463 e. The first-order valence-electron chi connectivity index (χ1n) is 6.86. The smallest absolute Gasteiger partial charge is 0.306 e. The molecule has 0 aromatic carbocycles. The summed E-state index contributed by atoms with van der Waals surface area (Å²) in [6.45, 7) is 3.73. The summed E-state index contributed by atoms with van der Waals surface area (Å²) in [6.07, 6.45) is 8.08. The lowest BCUT2D eigenvalue weighted by Crippen LogP contribution is -2.20. The van der Waals surface area contributed by atoms with Crippen molar-refractivity contribution in [2.75, 3.05) is 19.8 Å². The van der Waals surface area contributed by atoms with E-state index in [9.17, 15) is 4.79 Å². The molecule has 2 bridgehead atoms. The Morgan fingerprint density at radius 2 is 2.22 bits per heavy atom. The molecule has 0 N–H and O–H groups in total. The molecule has 0 aromatic heterocycles. The van der Waals surface area contributed by atoms with E-state index in [0.717, 1.165) is 25.9 Å². The Morgan fingerprint density at radius 1 is 1.33 bits per heavy atom. The number of hydrogen-bond acceptors (Lipinski definition) is 4. The summed E-state index contributed by atoms with van der Waals surface area (Å²) in [5, 5.41) is 0. The lowest BCUT2D eigenvalue weighted by molar-refractivity contribution is -0.146. The molecule has 18 heavy (non-hydrogen) atoms. The maximum atomic E-state index is 11.6. The number of carbonyl (C=O) groups is 1. The van der Waals surface area contributed by atoms with E-state index in [0.29, 0.717) is 25.6 Å². The van der Waals surface area contributed by atoms with Crippen molar-refractivity contribution in [3.05, 3.63) is 12.2 Å². The van der Waals surface area contributed by atoms with Gasteiger partial charge in [0.15, 0.2) is 0 Å². The highest BCUT2D eigenvalue weighted by Gasteiger charge is 2.37. The summed E-state index contributed by atoms with van der Waals surface area (Å²) in [7, 11) is 0. The maximum absolute atomic E-state index is 11.6. The van der Waals surface area contributed by atoms with Gasteiger partial charge in [0.1, 0.15) is 6.61 Å². The first-order valence-corrected chi connectivity index (χ1v) is 6.86. The molecule has 1 saturated heterocycles. The van der Waals surface area contributed by atoms with Gasteiger partial charge in [-0.1, -0.05) is 25.5 Å². The Bertz CT molecular complexity index is 300. The number of unbranched alkanes of at least 4 members (excludes halogenated alkanes) is 1. The molecule has 102 valence electrons. The zero-order valence-corrected chi connectivity index (χ0v) is 11.0. The second-order valence-electron chi connectivity index (χ2n) is 4.91. The molecule has 1 fully saturated rings. The van der Waals surface area contributed by atoms with Crippen LogP contribution < -0.4 is 0 Å². The van der Waals surface area contributed by atoms with E-state index in [-0.39, 0.29) is 18.2 Å². The van der Waals surface area contributed by atoms with Crippen LogP contribution in [0.15, 0.2) is 12.2 Å². The van der Waals surface area contributed by atoms with Gasteiger partial charge in [-0.2, -0.15) is 0 Å². The fraction of sp³-hybridized carbons (Fsp3) is 0.786. The minimum absolute atomic E-state index is 0.128. The van der Waals surface area contributed by atoms with E-state index in [4.69, 9.17) is 14.2 Å². The van der Waals surface area contributed by atoms with Crippen LogP contribution in [0.4, 0.5) is 0 Å². The van der Waals surface area contributed by atoms with Gasteiger partial charge in [-0.05, 0) is 12.8 Å². The third-order valence-corrected chi connectivity index (χ3v) is 3.41. The summed E-state index contributed by atoms with van der Waals surface area (Å²) in [5.41, 5.74) is 0. The van der Waals surface area contributed by atoms with Gasteiger partial charge in [-0.25, -0.2) is 0 Å². The quantitative estimate of drug-likeness (QED) is 0.378. The topological polar surface area (TPSA) is 44.8 Å². The minimum atomic E-state index is -0.136. The van der Waals surface area contributed by atoms with Crippen molar-refractivity contribution in [3.8, 4) is 0 Å². The van der Waals surface area contributed by atoms with Crippen LogP contribution in [0.5, 0.6) is 0 Å².